The molecule has 8 nitrogen and oxygen atoms in total. The Labute approximate surface area is 245 Å². The lowest BCUT2D eigenvalue weighted by atomic mass is 9.96. The minimum absolute atomic E-state index is 0.0282. The van der Waals surface area contributed by atoms with Crippen LogP contribution in [0.5, 0.6) is 0 Å². The lowest BCUT2D eigenvalue weighted by Crippen LogP contribution is -2.40. The van der Waals surface area contributed by atoms with Gasteiger partial charge in [0.25, 0.3) is 5.91 Å². The number of anilines is 1. The molecule has 0 radical (unpaired) electrons. The number of halogens is 4. The summed E-state index contributed by atoms with van der Waals surface area (Å²) < 4.78 is 55.7. The van der Waals surface area contributed by atoms with Crippen LogP contribution in [0.1, 0.15) is 46.3 Å². The van der Waals surface area contributed by atoms with Gasteiger partial charge in [-0.05, 0) is 66.3 Å². The molecule has 0 bridgehead atoms. The highest BCUT2D eigenvalue weighted by atomic mass is 19.4. The Kier molecular flexibility index (Phi) is 7.63. The van der Waals surface area contributed by atoms with Crippen LogP contribution in [0.25, 0.3) is 11.1 Å². The van der Waals surface area contributed by atoms with Crippen molar-refractivity contribution in [2.45, 2.75) is 44.6 Å². The van der Waals surface area contributed by atoms with E-state index in [0.29, 0.717) is 50.1 Å². The number of imide groups is 1. The zero-order valence-corrected chi connectivity index (χ0v) is 23.1. The van der Waals surface area contributed by atoms with E-state index < -0.39 is 29.5 Å². The quantitative estimate of drug-likeness (QED) is 0.313. The van der Waals surface area contributed by atoms with Crippen LogP contribution in [0, 0.1) is 11.7 Å². The summed E-state index contributed by atoms with van der Waals surface area (Å²) in [4.78, 5) is 43.7. The first-order valence-corrected chi connectivity index (χ1v) is 14.1. The minimum Gasteiger partial charge on any atom is -0.356 e. The van der Waals surface area contributed by atoms with Gasteiger partial charge in [-0.3, -0.25) is 19.7 Å². The van der Waals surface area contributed by atoms with Crippen LogP contribution in [-0.2, 0) is 28.9 Å². The summed E-state index contributed by atoms with van der Waals surface area (Å²) in [5, 5.41) is 5.66. The maximum atomic E-state index is 14.0. The van der Waals surface area contributed by atoms with Crippen molar-refractivity contribution in [2.24, 2.45) is 5.92 Å². The smallest absolute Gasteiger partial charge is 0.356 e. The van der Waals surface area contributed by atoms with Gasteiger partial charge < -0.3 is 15.1 Å². The van der Waals surface area contributed by atoms with E-state index in [1.54, 1.807) is 17.0 Å². The Hall–Kier alpha value is -4.32. The summed E-state index contributed by atoms with van der Waals surface area (Å²) >= 11 is 0. The van der Waals surface area contributed by atoms with Gasteiger partial charge in [0.05, 0.1) is 12.0 Å². The van der Waals surface area contributed by atoms with Crippen molar-refractivity contribution in [3.05, 3.63) is 82.8 Å². The lowest BCUT2D eigenvalue weighted by molar-refractivity contribution is -0.137. The van der Waals surface area contributed by atoms with Crippen molar-refractivity contribution in [1.29, 1.82) is 0 Å². The summed E-state index contributed by atoms with van der Waals surface area (Å²) in [5.41, 5.74) is 2.01. The molecular weight excluding hydrogens is 566 g/mol. The largest absolute Gasteiger partial charge is 0.419 e. The molecule has 2 saturated heterocycles. The van der Waals surface area contributed by atoms with Crippen molar-refractivity contribution in [2.75, 3.05) is 24.5 Å². The zero-order valence-electron chi connectivity index (χ0n) is 23.1. The summed E-state index contributed by atoms with van der Waals surface area (Å²) in [6, 6.07) is 11.2. The lowest BCUT2D eigenvalue weighted by Gasteiger charge is -2.34. The molecule has 3 aliphatic heterocycles. The molecule has 1 aromatic heterocycles. The third-order valence-corrected chi connectivity index (χ3v) is 8.33. The number of piperidine rings is 1. The van der Waals surface area contributed by atoms with E-state index in [0.717, 1.165) is 17.2 Å². The Bertz CT molecular complexity index is 1590. The van der Waals surface area contributed by atoms with Crippen molar-refractivity contribution in [1.82, 2.24) is 20.5 Å². The second kappa shape index (κ2) is 11.4. The fourth-order valence-corrected chi connectivity index (χ4v) is 6.06. The Morgan fingerprint density at radius 3 is 2.49 bits per heavy atom. The van der Waals surface area contributed by atoms with Crippen LogP contribution in [-0.4, -0.2) is 53.3 Å². The predicted molar refractivity (Wildman–Crippen MR) is 149 cm³/mol. The van der Waals surface area contributed by atoms with Crippen LogP contribution < -0.4 is 15.5 Å². The van der Waals surface area contributed by atoms with Gasteiger partial charge in [0.1, 0.15) is 17.7 Å². The van der Waals surface area contributed by atoms with E-state index in [9.17, 15) is 31.9 Å². The van der Waals surface area contributed by atoms with E-state index in [4.69, 9.17) is 0 Å². The third-order valence-electron chi connectivity index (χ3n) is 8.33. The fourth-order valence-electron chi connectivity index (χ4n) is 6.06. The number of hydrogen-bond acceptors (Lipinski definition) is 6. The molecule has 0 saturated carbocycles. The second-order valence-electron chi connectivity index (χ2n) is 11.2. The molecule has 2 fully saturated rings. The molecule has 3 amide bonds. The van der Waals surface area contributed by atoms with Crippen LogP contribution in [0.3, 0.4) is 0 Å². The molecular formula is C31H29F4N5O3. The van der Waals surface area contributed by atoms with E-state index in [1.807, 2.05) is 12.1 Å². The second-order valence-corrected chi connectivity index (χ2v) is 11.2. The zero-order chi connectivity index (χ0) is 30.3. The number of carbonyl (C=O) groups is 3. The molecule has 6 rings (SSSR count). The number of alkyl halides is 3. The predicted octanol–water partition coefficient (Wildman–Crippen LogP) is 4.28. The average molecular weight is 596 g/mol. The number of aromatic nitrogens is 1. The van der Waals surface area contributed by atoms with Gasteiger partial charge in [0.15, 0.2) is 0 Å². The number of nitrogens with one attached hydrogen (secondary N) is 2. The highest BCUT2D eigenvalue weighted by molar-refractivity contribution is 6.09. The Balaban J connectivity index is 1.04. The van der Waals surface area contributed by atoms with Gasteiger partial charge in [0.2, 0.25) is 11.8 Å². The van der Waals surface area contributed by atoms with E-state index in [2.05, 4.69) is 15.6 Å². The van der Waals surface area contributed by atoms with E-state index >= 15 is 0 Å². The molecule has 2 aromatic carbocycles. The van der Waals surface area contributed by atoms with Crippen LogP contribution in [0.15, 0.2) is 54.7 Å². The molecule has 12 heteroatoms. The van der Waals surface area contributed by atoms with Crippen molar-refractivity contribution in [3.8, 4) is 11.1 Å². The monoisotopic (exact) mass is 595 g/mol. The van der Waals surface area contributed by atoms with Crippen molar-refractivity contribution < 1.29 is 31.9 Å². The number of benzene rings is 2. The Morgan fingerprint density at radius 1 is 1.00 bits per heavy atom. The number of pyridine rings is 1. The van der Waals surface area contributed by atoms with Gasteiger partial charge in [-0.2, -0.15) is 13.2 Å². The molecule has 224 valence electrons. The van der Waals surface area contributed by atoms with Crippen LogP contribution >= 0.6 is 0 Å². The minimum atomic E-state index is -4.61. The molecule has 0 aliphatic carbocycles. The highest BCUT2D eigenvalue weighted by Gasteiger charge is 2.41. The first-order chi connectivity index (χ1) is 20.6. The van der Waals surface area contributed by atoms with Crippen LogP contribution in [0.2, 0.25) is 0 Å². The number of amides is 3. The van der Waals surface area contributed by atoms with Gasteiger partial charge in [-0.25, -0.2) is 9.37 Å². The first kappa shape index (κ1) is 28.8. The molecule has 2 N–H and O–H groups in total. The molecule has 0 spiro atoms. The Morgan fingerprint density at radius 2 is 1.79 bits per heavy atom. The van der Waals surface area contributed by atoms with Gasteiger partial charge >= 0.3 is 6.18 Å². The normalized spacial score (nSPS) is 19.3. The number of fused-ring (bicyclic) bond motifs is 1. The first-order valence-electron chi connectivity index (χ1n) is 14.1. The number of nitrogens with zero attached hydrogens (tertiary/aromatic N) is 3. The van der Waals surface area contributed by atoms with E-state index in [-0.39, 0.29) is 42.1 Å². The summed E-state index contributed by atoms with van der Waals surface area (Å²) in [6.07, 6.45) is -1.90. The molecule has 4 heterocycles. The average Bonchev–Trinajstić information content (AvgIpc) is 3.49. The highest BCUT2D eigenvalue weighted by Crippen LogP contribution is 2.39. The van der Waals surface area contributed by atoms with Crippen molar-refractivity contribution in [3.63, 3.8) is 0 Å². The fraction of sp³-hybridized carbons (Fsp3) is 0.355. The third kappa shape index (κ3) is 5.96. The number of rotatable bonds is 7. The maximum Gasteiger partial charge on any atom is 0.419 e. The van der Waals surface area contributed by atoms with Gasteiger partial charge in [-0.1, -0.05) is 24.3 Å². The van der Waals surface area contributed by atoms with Gasteiger partial charge in [-0.15, -0.1) is 0 Å². The van der Waals surface area contributed by atoms with Crippen molar-refractivity contribution >= 4 is 23.5 Å². The SMILES string of the molecule is O=C1CC(N2Cc3cc(CNCC4CCN(c5ncc(-c6cccc(F)c6)cc5C(F)(F)F)CC4)ccc3C2=O)C(=O)N1. The van der Waals surface area contributed by atoms with Crippen LogP contribution in [0.4, 0.5) is 23.4 Å². The summed E-state index contributed by atoms with van der Waals surface area (Å²) in [6.45, 7) is 2.35. The molecule has 3 aliphatic rings. The van der Waals surface area contributed by atoms with Gasteiger partial charge in [0, 0.05) is 43.5 Å². The molecule has 43 heavy (non-hydrogen) atoms. The topological polar surface area (TPSA) is 94.6 Å². The maximum absolute atomic E-state index is 14.0. The molecule has 1 atom stereocenters. The molecule has 1 unspecified atom stereocenters. The standard InChI is InChI=1S/C31H29F4N5O3/c32-23-3-1-2-20(11-23)21-12-25(31(33,34)35)28(37-16-21)39-8-6-18(7-9-39)14-36-15-19-4-5-24-22(10-19)17-40(30(24)43)26-13-27(41)38-29(26)42/h1-5,10-12,16,18,26,36H,6-9,13-15,17H2,(H,38,41,42). The number of carbonyl (C=O) groups excluding carboxylic acids is 3. The summed E-state index contributed by atoms with van der Waals surface area (Å²) in [5.74, 6) is -1.47. The van der Waals surface area contributed by atoms with E-state index in [1.165, 1.54) is 29.3 Å². The molecule has 3 aromatic rings. The summed E-state index contributed by atoms with van der Waals surface area (Å²) in [7, 11) is 0. The number of hydrogen-bond donors (Lipinski definition) is 2.